The minimum atomic E-state index is 0.198. The summed E-state index contributed by atoms with van der Waals surface area (Å²) in [5.74, 6) is 1.51. The fraction of sp³-hybridized carbons (Fsp3) is 0.667. The third-order valence-electron chi connectivity index (χ3n) is 3.05. The molecule has 0 bridgehead atoms. The van der Waals surface area contributed by atoms with Crippen molar-refractivity contribution in [3.05, 3.63) is 11.9 Å². The van der Waals surface area contributed by atoms with Crippen LogP contribution in [0.2, 0.25) is 0 Å². The van der Waals surface area contributed by atoms with Gasteiger partial charge in [-0.3, -0.25) is 0 Å². The van der Waals surface area contributed by atoms with Crippen LogP contribution in [-0.2, 0) is 4.74 Å². The Labute approximate surface area is 107 Å². The van der Waals surface area contributed by atoms with E-state index in [9.17, 15) is 0 Å². The predicted octanol–water partition coefficient (Wildman–Crippen LogP) is 0.218. The molecule has 0 spiro atoms. The van der Waals surface area contributed by atoms with Crippen molar-refractivity contribution in [2.45, 2.75) is 13.0 Å². The van der Waals surface area contributed by atoms with E-state index in [-0.39, 0.29) is 6.10 Å². The van der Waals surface area contributed by atoms with E-state index >= 15 is 0 Å². The Hall–Kier alpha value is -1.40. The number of likely N-dealkylation sites (N-methyl/N-ethyl adjacent to an activating group) is 1. The molecule has 100 valence electrons. The van der Waals surface area contributed by atoms with E-state index in [0.717, 1.165) is 37.6 Å². The Morgan fingerprint density at radius 1 is 1.56 bits per heavy atom. The van der Waals surface area contributed by atoms with Gasteiger partial charge in [0.05, 0.1) is 25.4 Å². The van der Waals surface area contributed by atoms with Gasteiger partial charge in [-0.05, 0) is 6.92 Å². The van der Waals surface area contributed by atoms with Gasteiger partial charge < -0.3 is 19.7 Å². The molecule has 1 saturated heterocycles. The molecule has 1 N–H and O–H groups in total. The van der Waals surface area contributed by atoms with E-state index in [0.29, 0.717) is 5.88 Å². The van der Waals surface area contributed by atoms with Crippen LogP contribution < -0.4 is 15.0 Å². The summed E-state index contributed by atoms with van der Waals surface area (Å²) in [4.78, 5) is 10.5. The topological polar surface area (TPSA) is 59.5 Å². The summed E-state index contributed by atoms with van der Waals surface area (Å²) in [7, 11) is 3.63. The molecule has 1 unspecified atom stereocenters. The minimum absolute atomic E-state index is 0.198. The molecule has 1 atom stereocenters. The van der Waals surface area contributed by atoms with Gasteiger partial charge in [0, 0.05) is 26.7 Å². The van der Waals surface area contributed by atoms with Gasteiger partial charge >= 0.3 is 0 Å². The molecule has 2 heterocycles. The lowest BCUT2D eigenvalue weighted by Gasteiger charge is -2.29. The molecule has 6 heteroatoms. The molecule has 0 aromatic carbocycles. The number of anilines is 1. The summed E-state index contributed by atoms with van der Waals surface area (Å²) in [5.41, 5.74) is 0.950. The number of hydrogen-bond donors (Lipinski definition) is 1. The maximum atomic E-state index is 5.69. The van der Waals surface area contributed by atoms with Crippen molar-refractivity contribution in [1.29, 1.82) is 0 Å². The molecular weight excluding hydrogens is 232 g/mol. The van der Waals surface area contributed by atoms with Crippen LogP contribution in [0.4, 0.5) is 5.82 Å². The van der Waals surface area contributed by atoms with Gasteiger partial charge in [0.25, 0.3) is 0 Å². The molecular formula is C12H20N4O2. The molecule has 0 radical (unpaired) electrons. The fourth-order valence-electron chi connectivity index (χ4n) is 2.14. The second kappa shape index (κ2) is 5.97. The largest absolute Gasteiger partial charge is 0.481 e. The van der Waals surface area contributed by atoms with Gasteiger partial charge in [0.1, 0.15) is 12.1 Å². The van der Waals surface area contributed by atoms with Gasteiger partial charge in [-0.25, -0.2) is 9.97 Å². The summed E-state index contributed by atoms with van der Waals surface area (Å²) in [5, 5.41) is 3.32. The number of methoxy groups -OCH3 is 1. The molecule has 1 fully saturated rings. The van der Waals surface area contributed by atoms with E-state index < -0.39 is 0 Å². The normalized spacial score (nSPS) is 19.6. The number of hydrogen-bond acceptors (Lipinski definition) is 6. The van der Waals surface area contributed by atoms with Gasteiger partial charge in [-0.2, -0.15) is 0 Å². The third-order valence-corrected chi connectivity index (χ3v) is 3.05. The average molecular weight is 252 g/mol. The number of nitrogens with zero attached hydrogens (tertiary/aromatic N) is 3. The lowest BCUT2D eigenvalue weighted by atomic mass is 10.2. The number of aromatic nitrogens is 2. The molecule has 0 aliphatic carbocycles. The van der Waals surface area contributed by atoms with Crippen LogP contribution >= 0.6 is 0 Å². The molecule has 18 heavy (non-hydrogen) atoms. The molecule has 6 nitrogen and oxygen atoms in total. The Balaban J connectivity index is 2.05. The smallest absolute Gasteiger partial charge is 0.221 e. The van der Waals surface area contributed by atoms with Crippen LogP contribution in [0.15, 0.2) is 6.33 Å². The zero-order chi connectivity index (χ0) is 13.0. The zero-order valence-electron chi connectivity index (χ0n) is 11.1. The van der Waals surface area contributed by atoms with Crippen molar-refractivity contribution >= 4 is 5.82 Å². The summed E-state index contributed by atoms with van der Waals surface area (Å²) < 4.78 is 10.9. The van der Waals surface area contributed by atoms with Crippen molar-refractivity contribution in [2.24, 2.45) is 0 Å². The van der Waals surface area contributed by atoms with Crippen LogP contribution in [0.25, 0.3) is 0 Å². The maximum Gasteiger partial charge on any atom is 0.221 e. The standard InChI is InChI=1S/C12H20N4O2/c1-9-11(14-8-15-12(9)17-3)16(2)7-10-6-13-4-5-18-10/h8,10,13H,4-7H2,1-3H3. The van der Waals surface area contributed by atoms with Crippen LogP contribution in [-0.4, -0.2) is 56.5 Å². The SMILES string of the molecule is COc1ncnc(N(C)CC2CNCCO2)c1C. The number of rotatable bonds is 4. The maximum absolute atomic E-state index is 5.69. The Morgan fingerprint density at radius 2 is 2.39 bits per heavy atom. The summed E-state index contributed by atoms with van der Waals surface area (Å²) in [6.45, 7) is 5.34. The summed E-state index contributed by atoms with van der Waals surface area (Å²) >= 11 is 0. The van der Waals surface area contributed by atoms with Gasteiger partial charge in [-0.1, -0.05) is 0 Å². The molecule has 0 amide bonds. The van der Waals surface area contributed by atoms with Crippen molar-refractivity contribution in [3.8, 4) is 5.88 Å². The second-order valence-corrected chi connectivity index (χ2v) is 4.41. The molecule has 1 aliphatic rings. The number of morpholine rings is 1. The highest BCUT2D eigenvalue weighted by molar-refractivity contribution is 5.49. The highest BCUT2D eigenvalue weighted by Gasteiger charge is 2.18. The summed E-state index contributed by atoms with van der Waals surface area (Å²) in [6.07, 6.45) is 1.72. The quantitative estimate of drug-likeness (QED) is 0.827. The first kappa shape index (κ1) is 13.0. The highest BCUT2D eigenvalue weighted by atomic mass is 16.5. The lowest BCUT2D eigenvalue weighted by molar-refractivity contribution is 0.0339. The fourth-order valence-corrected chi connectivity index (χ4v) is 2.14. The van der Waals surface area contributed by atoms with Gasteiger partial charge in [0.15, 0.2) is 0 Å². The van der Waals surface area contributed by atoms with E-state index in [4.69, 9.17) is 9.47 Å². The first-order valence-corrected chi connectivity index (χ1v) is 6.11. The van der Waals surface area contributed by atoms with E-state index in [1.165, 1.54) is 6.33 Å². The zero-order valence-corrected chi connectivity index (χ0v) is 11.1. The van der Waals surface area contributed by atoms with Crippen molar-refractivity contribution in [1.82, 2.24) is 15.3 Å². The Bertz CT molecular complexity index is 394. The number of ether oxygens (including phenoxy) is 2. The third kappa shape index (κ3) is 2.88. The van der Waals surface area contributed by atoms with Gasteiger partial charge in [-0.15, -0.1) is 0 Å². The van der Waals surface area contributed by atoms with Gasteiger partial charge in [0.2, 0.25) is 5.88 Å². The van der Waals surface area contributed by atoms with E-state index in [1.54, 1.807) is 7.11 Å². The Kier molecular flexibility index (Phi) is 4.33. The Morgan fingerprint density at radius 3 is 3.06 bits per heavy atom. The van der Waals surface area contributed by atoms with Crippen molar-refractivity contribution < 1.29 is 9.47 Å². The van der Waals surface area contributed by atoms with Crippen LogP contribution in [0.5, 0.6) is 5.88 Å². The van der Waals surface area contributed by atoms with Crippen LogP contribution in [0.3, 0.4) is 0 Å². The number of nitrogens with one attached hydrogen (secondary N) is 1. The van der Waals surface area contributed by atoms with E-state index in [1.807, 2.05) is 14.0 Å². The molecule has 0 saturated carbocycles. The van der Waals surface area contributed by atoms with Crippen molar-refractivity contribution in [3.63, 3.8) is 0 Å². The van der Waals surface area contributed by atoms with E-state index in [2.05, 4.69) is 20.2 Å². The van der Waals surface area contributed by atoms with Crippen LogP contribution in [0, 0.1) is 6.92 Å². The minimum Gasteiger partial charge on any atom is -0.481 e. The molecule has 1 aromatic heterocycles. The molecule has 2 rings (SSSR count). The highest BCUT2D eigenvalue weighted by Crippen LogP contribution is 2.22. The first-order chi connectivity index (χ1) is 8.72. The molecule has 1 aliphatic heterocycles. The lowest BCUT2D eigenvalue weighted by Crippen LogP contribution is -2.44. The van der Waals surface area contributed by atoms with Crippen molar-refractivity contribution in [2.75, 3.05) is 45.3 Å². The van der Waals surface area contributed by atoms with Crippen LogP contribution in [0.1, 0.15) is 5.56 Å². The second-order valence-electron chi connectivity index (χ2n) is 4.41. The predicted molar refractivity (Wildman–Crippen MR) is 69.2 cm³/mol. The summed E-state index contributed by atoms with van der Waals surface area (Å²) in [6, 6.07) is 0. The first-order valence-electron chi connectivity index (χ1n) is 6.11. The molecule has 1 aromatic rings. The monoisotopic (exact) mass is 252 g/mol. The average Bonchev–Trinajstić information content (AvgIpc) is 2.40.